The van der Waals surface area contributed by atoms with Crippen molar-refractivity contribution in [3.8, 4) is 0 Å². The predicted molar refractivity (Wildman–Crippen MR) is 78.7 cm³/mol. The maximum absolute atomic E-state index is 14.3. The van der Waals surface area contributed by atoms with Crippen LogP contribution in [0.15, 0.2) is 12.1 Å². The Morgan fingerprint density at radius 1 is 1.15 bits per heavy atom. The number of benzene rings is 1. The summed E-state index contributed by atoms with van der Waals surface area (Å²) in [6.07, 6.45) is 6.88. The lowest BCUT2D eigenvalue weighted by Crippen LogP contribution is -2.31. The van der Waals surface area contributed by atoms with Crippen molar-refractivity contribution in [1.29, 1.82) is 0 Å². The maximum Gasteiger partial charge on any atom is 0.128 e. The van der Waals surface area contributed by atoms with Crippen molar-refractivity contribution in [2.75, 3.05) is 6.54 Å². The Balaban J connectivity index is 2.27. The van der Waals surface area contributed by atoms with Crippen molar-refractivity contribution < 1.29 is 8.78 Å². The van der Waals surface area contributed by atoms with Gasteiger partial charge in [0.15, 0.2) is 0 Å². The van der Waals surface area contributed by atoms with E-state index in [9.17, 15) is 8.78 Å². The quantitative estimate of drug-likeness (QED) is 0.810. The minimum absolute atomic E-state index is 0.0506. The molecule has 1 unspecified atom stereocenters. The fraction of sp³-hybridized carbons (Fsp3) is 0.647. The third-order valence-corrected chi connectivity index (χ3v) is 4.35. The van der Waals surface area contributed by atoms with Gasteiger partial charge in [-0.25, -0.2) is 8.78 Å². The molecule has 1 saturated carbocycles. The topological polar surface area (TPSA) is 12.0 Å². The van der Waals surface area contributed by atoms with Gasteiger partial charge in [0, 0.05) is 11.6 Å². The summed E-state index contributed by atoms with van der Waals surface area (Å²) in [5.41, 5.74) is 0.887. The Morgan fingerprint density at radius 3 is 2.50 bits per heavy atom. The third kappa shape index (κ3) is 3.57. The first-order valence-electron chi connectivity index (χ1n) is 7.82. The lowest BCUT2D eigenvalue weighted by molar-refractivity contribution is 0.266. The van der Waals surface area contributed by atoms with Gasteiger partial charge in [-0.1, -0.05) is 26.2 Å². The van der Waals surface area contributed by atoms with Crippen LogP contribution in [-0.4, -0.2) is 6.54 Å². The van der Waals surface area contributed by atoms with Gasteiger partial charge in [-0.15, -0.1) is 0 Å². The van der Waals surface area contributed by atoms with Gasteiger partial charge in [-0.2, -0.15) is 0 Å². The Labute approximate surface area is 120 Å². The molecule has 1 atom stereocenters. The lowest BCUT2D eigenvalue weighted by Gasteiger charge is -2.32. The van der Waals surface area contributed by atoms with Gasteiger partial charge in [-0.3, -0.25) is 0 Å². The molecule has 1 fully saturated rings. The second-order valence-electron chi connectivity index (χ2n) is 5.95. The van der Waals surface area contributed by atoms with E-state index in [-0.39, 0.29) is 17.7 Å². The van der Waals surface area contributed by atoms with Crippen LogP contribution in [0.1, 0.15) is 62.6 Å². The molecule has 0 aromatic heterocycles. The number of hydrogen-bond acceptors (Lipinski definition) is 1. The van der Waals surface area contributed by atoms with Crippen molar-refractivity contribution in [3.05, 3.63) is 34.9 Å². The second-order valence-corrected chi connectivity index (χ2v) is 5.95. The van der Waals surface area contributed by atoms with Gasteiger partial charge in [-0.05, 0) is 56.3 Å². The molecule has 0 spiro atoms. The summed E-state index contributed by atoms with van der Waals surface area (Å²) in [6.45, 7) is 4.55. The standard InChI is InChI=1S/C17H25F2N/c1-3-9-20-17(13-7-5-4-6-8-13)14-11-15(18)12(2)10-16(14)19/h10-11,13,17,20H,3-9H2,1-2H3. The van der Waals surface area contributed by atoms with Gasteiger partial charge >= 0.3 is 0 Å². The van der Waals surface area contributed by atoms with Crippen molar-refractivity contribution in [2.24, 2.45) is 5.92 Å². The highest BCUT2D eigenvalue weighted by Gasteiger charge is 2.27. The molecule has 1 N–H and O–H groups in total. The van der Waals surface area contributed by atoms with E-state index in [4.69, 9.17) is 0 Å². The third-order valence-electron chi connectivity index (χ3n) is 4.35. The van der Waals surface area contributed by atoms with E-state index in [1.807, 2.05) is 0 Å². The molecule has 20 heavy (non-hydrogen) atoms. The molecule has 0 bridgehead atoms. The van der Waals surface area contributed by atoms with E-state index in [0.717, 1.165) is 25.8 Å². The van der Waals surface area contributed by atoms with E-state index >= 15 is 0 Å². The van der Waals surface area contributed by atoms with E-state index in [0.29, 0.717) is 17.0 Å². The summed E-state index contributed by atoms with van der Waals surface area (Å²) in [5, 5.41) is 3.44. The minimum atomic E-state index is -0.305. The number of rotatable bonds is 5. The first-order valence-corrected chi connectivity index (χ1v) is 7.82. The zero-order valence-electron chi connectivity index (χ0n) is 12.5. The van der Waals surface area contributed by atoms with Gasteiger partial charge in [0.1, 0.15) is 11.6 Å². The molecule has 0 saturated heterocycles. The summed E-state index contributed by atoms with van der Waals surface area (Å²) >= 11 is 0. The summed E-state index contributed by atoms with van der Waals surface area (Å²) < 4.78 is 28.1. The molecule has 1 aromatic rings. The molecule has 3 heteroatoms. The highest BCUT2D eigenvalue weighted by Crippen LogP contribution is 2.36. The summed E-state index contributed by atoms with van der Waals surface area (Å²) in [6, 6.07) is 2.67. The highest BCUT2D eigenvalue weighted by atomic mass is 19.1. The molecule has 2 rings (SSSR count). The van der Waals surface area contributed by atoms with Gasteiger partial charge in [0.25, 0.3) is 0 Å². The van der Waals surface area contributed by atoms with Crippen LogP contribution in [0.2, 0.25) is 0 Å². The normalized spacial score (nSPS) is 18.2. The smallest absolute Gasteiger partial charge is 0.128 e. The van der Waals surface area contributed by atoms with E-state index in [1.165, 1.54) is 31.4 Å². The first kappa shape index (κ1) is 15.4. The predicted octanol–water partition coefficient (Wildman–Crippen LogP) is 4.89. The molecule has 1 aliphatic carbocycles. The first-order chi connectivity index (χ1) is 9.63. The van der Waals surface area contributed by atoms with Crippen molar-refractivity contribution in [2.45, 2.75) is 58.4 Å². The number of aryl methyl sites for hydroxylation is 1. The Morgan fingerprint density at radius 2 is 1.85 bits per heavy atom. The number of nitrogens with one attached hydrogen (secondary N) is 1. The van der Waals surface area contributed by atoms with E-state index in [1.54, 1.807) is 6.92 Å². The molecular formula is C17H25F2N. The average Bonchev–Trinajstić information content (AvgIpc) is 2.45. The lowest BCUT2D eigenvalue weighted by atomic mass is 9.80. The fourth-order valence-corrected chi connectivity index (χ4v) is 3.20. The van der Waals surface area contributed by atoms with E-state index in [2.05, 4.69) is 12.2 Å². The Bertz CT molecular complexity index is 439. The van der Waals surface area contributed by atoms with Crippen LogP contribution in [-0.2, 0) is 0 Å². The summed E-state index contributed by atoms with van der Waals surface area (Å²) in [7, 11) is 0. The van der Waals surface area contributed by atoms with Crippen molar-refractivity contribution in [1.82, 2.24) is 5.32 Å². The Kier molecular flexibility index (Phi) is 5.53. The van der Waals surface area contributed by atoms with Gasteiger partial charge in [0.2, 0.25) is 0 Å². The van der Waals surface area contributed by atoms with Crippen molar-refractivity contribution in [3.63, 3.8) is 0 Å². The second kappa shape index (κ2) is 7.16. The SMILES string of the molecule is CCCNC(c1cc(F)c(C)cc1F)C1CCCCC1. The van der Waals surface area contributed by atoms with Crippen LogP contribution < -0.4 is 5.32 Å². The zero-order valence-corrected chi connectivity index (χ0v) is 12.5. The van der Waals surface area contributed by atoms with Crippen LogP contribution in [0.3, 0.4) is 0 Å². The van der Waals surface area contributed by atoms with Gasteiger partial charge < -0.3 is 5.32 Å². The molecule has 1 aromatic carbocycles. The summed E-state index contributed by atoms with van der Waals surface area (Å²) in [4.78, 5) is 0. The largest absolute Gasteiger partial charge is 0.310 e. The molecule has 0 amide bonds. The highest BCUT2D eigenvalue weighted by molar-refractivity contribution is 5.28. The van der Waals surface area contributed by atoms with Crippen LogP contribution in [0.5, 0.6) is 0 Å². The maximum atomic E-state index is 14.3. The van der Waals surface area contributed by atoms with Crippen LogP contribution in [0.4, 0.5) is 8.78 Å². The Hall–Kier alpha value is -0.960. The minimum Gasteiger partial charge on any atom is -0.310 e. The molecule has 0 heterocycles. The molecular weight excluding hydrogens is 256 g/mol. The molecule has 0 radical (unpaired) electrons. The number of halogens is 2. The zero-order chi connectivity index (χ0) is 14.5. The summed E-state index contributed by atoms with van der Waals surface area (Å²) in [5.74, 6) is -0.157. The van der Waals surface area contributed by atoms with Gasteiger partial charge in [0.05, 0.1) is 0 Å². The molecule has 112 valence electrons. The van der Waals surface area contributed by atoms with Crippen LogP contribution >= 0.6 is 0 Å². The monoisotopic (exact) mass is 281 g/mol. The van der Waals surface area contributed by atoms with Crippen LogP contribution in [0, 0.1) is 24.5 Å². The molecule has 1 aliphatic rings. The fourth-order valence-electron chi connectivity index (χ4n) is 3.20. The van der Waals surface area contributed by atoms with Crippen LogP contribution in [0.25, 0.3) is 0 Å². The average molecular weight is 281 g/mol. The molecule has 1 nitrogen and oxygen atoms in total. The number of hydrogen-bond donors (Lipinski definition) is 1. The van der Waals surface area contributed by atoms with E-state index < -0.39 is 0 Å². The van der Waals surface area contributed by atoms with Crippen molar-refractivity contribution >= 4 is 0 Å². The molecule has 0 aliphatic heterocycles.